The molecular formula is C9H15NO. The molecule has 0 fully saturated rings. The molecule has 0 heterocycles. The van der Waals surface area contributed by atoms with Gasteiger partial charge < -0.3 is 0 Å². The molecule has 0 bridgehead atoms. The summed E-state index contributed by atoms with van der Waals surface area (Å²) in [4.78, 5) is 11.0. The van der Waals surface area contributed by atoms with Gasteiger partial charge in [-0.2, -0.15) is 5.26 Å². The average molecular weight is 153 g/mol. The molecule has 0 saturated heterocycles. The van der Waals surface area contributed by atoms with Crippen molar-refractivity contribution in [2.75, 3.05) is 0 Å². The maximum atomic E-state index is 11.0. The molecule has 0 aromatic heterocycles. The second-order valence-electron chi connectivity index (χ2n) is 3.16. The van der Waals surface area contributed by atoms with Crippen LogP contribution in [0.3, 0.4) is 0 Å². The van der Waals surface area contributed by atoms with E-state index in [1.165, 1.54) is 0 Å². The minimum absolute atomic E-state index is 0.0784. The van der Waals surface area contributed by atoms with Gasteiger partial charge in [-0.1, -0.05) is 13.8 Å². The summed E-state index contributed by atoms with van der Waals surface area (Å²) in [6.07, 6.45) is 1.20. The van der Waals surface area contributed by atoms with Crippen LogP contribution >= 0.6 is 0 Å². The van der Waals surface area contributed by atoms with Crippen LogP contribution in [-0.2, 0) is 4.79 Å². The third kappa shape index (κ3) is 3.77. The van der Waals surface area contributed by atoms with Crippen molar-refractivity contribution in [3.05, 3.63) is 0 Å². The minimum Gasteiger partial charge on any atom is -0.300 e. The van der Waals surface area contributed by atoms with Crippen LogP contribution in [0.2, 0.25) is 0 Å². The Labute approximate surface area is 68.2 Å². The van der Waals surface area contributed by atoms with Gasteiger partial charge in [0.15, 0.2) is 0 Å². The first kappa shape index (κ1) is 10.2. The number of ketones is 1. The van der Waals surface area contributed by atoms with Gasteiger partial charge in [0.25, 0.3) is 0 Å². The molecule has 2 nitrogen and oxygen atoms in total. The number of nitriles is 1. The molecule has 1 atom stereocenters. The Hall–Kier alpha value is -0.840. The highest BCUT2D eigenvalue weighted by Crippen LogP contribution is 2.17. The fraction of sp³-hybridized carbons (Fsp3) is 0.778. The summed E-state index contributed by atoms with van der Waals surface area (Å²) in [5.74, 6) is 0.644. The number of hydrogen-bond donors (Lipinski definition) is 0. The largest absolute Gasteiger partial charge is 0.300 e. The number of carbonyl (C=O) groups is 1. The van der Waals surface area contributed by atoms with E-state index in [0.29, 0.717) is 18.8 Å². The molecule has 11 heavy (non-hydrogen) atoms. The third-order valence-corrected chi connectivity index (χ3v) is 1.89. The van der Waals surface area contributed by atoms with Gasteiger partial charge in [0.05, 0.1) is 6.07 Å². The van der Waals surface area contributed by atoms with Crippen molar-refractivity contribution in [3.63, 3.8) is 0 Å². The molecule has 0 N–H and O–H groups in total. The van der Waals surface area contributed by atoms with Gasteiger partial charge in [-0.3, -0.25) is 4.79 Å². The first-order chi connectivity index (χ1) is 5.09. The number of nitrogens with zero attached hydrogens (tertiary/aromatic N) is 1. The van der Waals surface area contributed by atoms with Gasteiger partial charge in [0.2, 0.25) is 0 Å². The molecular weight excluding hydrogens is 138 g/mol. The van der Waals surface area contributed by atoms with Gasteiger partial charge in [-0.05, 0) is 19.3 Å². The molecule has 0 rings (SSSR count). The zero-order chi connectivity index (χ0) is 8.85. The zero-order valence-corrected chi connectivity index (χ0v) is 7.42. The van der Waals surface area contributed by atoms with Crippen LogP contribution in [0.25, 0.3) is 0 Å². The van der Waals surface area contributed by atoms with E-state index < -0.39 is 0 Å². The molecule has 62 valence electrons. The Balaban J connectivity index is 3.92. The maximum Gasteiger partial charge on any atom is 0.133 e. The maximum absolute atomic E-state index is 11.0. The molecule has 0 radical (unpaired) electrons. The highest BCUT2D eigenvalue weighted by molar-refractivity contribution is 5.78. The fourth-order valence-corrected chi connectivity index (χ4v) is 1.23. The first-order valence-electron chi connectivity index (χ1n) is 3.97. The summed E-state index contributed by atoms with van der Waals surface area (Å²) in [6.45, 7) is 5.63. The van der Waals surface area contributed by atoms with Crippen molar-refractivity contribution in [3.8, 4) is 6.07 Å². The lowest BCUT2D eigenvalue weighted by Gasteiger charge is -2.15. The Kier molecular flexibility index (Phi) is 4.52. The van der Waals surface area contributed by atoms with Crippen molar-refractivity contribution in [1.82, 2.24) is 0 Å². The fourth-order valence-electron chi connectivity index (χ4n) is 1.23. The van der Waals surface area contributed by atoms with E-state index in [1.54, 1.807) is 6.92 Å². The second kappa shape index (κ2) is 4.90. The Morgan fingerprint density at radius 1 is 1.55 bits per heavy atom. The second-order valence-corrected chi connectivity index (χ2v) is 3.16. The Bertz CT molecular complexity index is 167. The molecule has 1 unspecified atom stereocenters. The van der Waals surface area contributed by atoms with Crippen LogP contribution in [0, 0.1) is 23.2 Å². The molecule has 0 aromatic rings. The Morgan fingerprint density at radius 2 is 2.09 bits per heavy atom. The average Bonchev–Trinajstić information content (AvgIpc) is 1.87. The molecule has 2 heteroatoms. The van der Waals surface area contributed by atoms with Crippen LogP contribution in [0.15, 0.2) is 0 Å². The van der Waals surface area contributed by atoms with E-state index in [9.17, 15) is 4.79 Å². The van der Waals surface area contributed by atoms with E-state index in [-0.39, 0.29) is 11.7 Å². The normalized spacial score (nSPS) is 12.6. The van der Waals surface area contributed by atoms with E-state index in [0.717, 1.165) is 0 Å². The highest BCUT2D eigenvalue weighted by Gasteiger charge is 2.17. The molecule has 0 aromatic carbocycles. The molecule has 0 aliphatic rings. The topological polar surface area (TPSA) is 40.9 Å². The van der Waals surface area contributed by atoms with Crippen molar-refractivity contribution >= 4 is 5.78 Å². The molecule has 0 spiro atoms. The van der Waals surface area contributed by atoms with Gasteiger partial charge in [-0.15, -0.1) is 0 Å². The summed E-state index contributed by atoms with van der Waals surface area (Å²) in [6, 6.07) is 2.06. The number of rotatable bonds is 4. The standard InChI is InChI=1S/C9H15NO/c1-7(2)9(8(3)11)5-4-6-10/h7,9H,4-5H2,1-3H3. The monoisotopic (exact) mass is 153 g/mol. The first-order valence-corrected chi connectivity index (χ1v) is 3.97. The van der Waals surface area contributed by atoms with E-state index in [1.807, 2.05) is 13.8 Å². The lowest BCUT2D eigenvalue weighted by atomic mass is 9.88. The summed E-state index contributed by atoms with van der Waals surface area (Å²) in [5, 5.41) is 8.32. The van der Waals surface area contributed by atoms with Crippen molar-refractivity contribution in [1.29, 1.82) is 5.26 Å². The lowest BCUT2D eigenvalue weighted by molar-refractivity contribution is -0.122. The van der Waals surface area contributed by atoms with Crippen LogP contribution in [0.1, 0.15) is 33.6 Å². The quantitative estimate of drug-likeness (QED) is 0.621. The molecule has 0 aliphatic carbocycles. The zero-order valence-electron chi connectivity index (χ0n) is 7.42. The van der Waals surface area contributed by atoms with Gasteiger partial charge >= 0.3 is 0 Å². The molecule has 0 amide bonds. The van der Waals surface area contributed by atoms with Gasteiger partial charge in [0, 0.05) is 12.3 Å². The van der Waals surface area contributed by atoms with Crippen LogP contribution < -0.4 is 0 Å². The number of Topliss-reactive ketones (excluding diaryl/α,β-unsaturated/α-hetero) is 1. The van der Waals surface area contributed by atoms with E-state index in [4.69, 9.17) is 5.26 Å². The van der Waals surface area contributed by atoms with Crippen molar-refractivity contribution < 1.29 is 4.79 Å². The summed E-state index contributed by atoms with van der Waals surface area (Å²) in [7, 11) is 0. The van der Waals surface area contributed by atoms with E-state index >= 15 is 0 Å². The summed E-state index contributed by atoms with van der Waals surface area (Å²) in [5.41, 5.74) is 0. The smallest absolute Gasteiger partial charge is 0.133 e. The number of hydrogen-bond acceptors (Lipinski definition) is 2. The van der Waals surface area contributed by atoms with Gasteiger partial charge in [0.1, 0.15) is 5.78 Å². The highest BCUT2D eigenvalue weighted by atomic mass is 16.1. The van der Waals surface area contributed by atoms with Crippen molar-refractivity contribution in [2.24, 2.45) is 11.8 Å². The van der Waals surface area contributed by atoms with E-state index in [2.05, 4.69) is 6.07 Å². The summed E-state index contributed by atoms with van der Waals surface area (Å²) < 4.78 is 0. The SMILES string of the molecule is CC(=O)C(CCC#N)C(C)C. The van der Waals surface area contributed by atoms with Crippen LogP contribution in [-0.4, -0.2) is 5.78 Å². The van der Waals surface area contributed by atoms with Crippen molar-refractivity contribution in [2.45, 2.75) is 33.6 Å². The Morgan fingerprint density at radius 3 is 2.36 bits per heavy atom. The van der Waals surface area contributed by atoms with Crippen LogP contribution in [0.5, 0.6) is 0 Å². The summed E-state index contributed by atoms with van der Waals surface area (Å²) >= 11 is 0. The molecule has 0 saturated carbocycles. The molecule has 0 aliphatic heterocycles. The predicted octanol–water partition coefficient (Wildman–Crippen LogP) is 2.15. The van der Waals surface area contributed by atoms with Crippen LogP contribution in [0.4, 0.5) is 0 Å². The number of carbonyl (C=O) groups excluding carboxylic acids is 1. The third-order valence-electron chi connectivity index (χ3n) is 1.89. The predicted molar refractivity (Wildman–Crippen MR) is 43.9 cm³/mol. The van der Waals surface area contributed by atoms with Gasteiger partial charge in [-0.25, -0.2) is 0 Å². The lowest BCUT2D eigenvalue weighted by Crippen LogP contribution is -2.16. The minimum atomic E-state index is 0.0784.